The Morgan fingerprint density at radius 1 is 1.46 bits per heavy atom. The van der Waals surface area contributed by atoms with E-state index in [0.29, 0.717) is 5.92 Å². The smallest absolute Gasteiger partial charge is 0.0336 e. The maximum Gasteiger partial charge on any atom is 0.0336 e. The van der Waals surface area contributed by atoms with Gasteiger partial charge in [-0.15, -0.1) is 0 Å². The Morgan fingerprint density at radius 2 is 2.15 bits per heavy atom. The lowest BCUT2D eigenvalue weighted by Crippen LogP contribution is -2.18. The molecule has 13 heavy (non-hydrogen) atoms. The summed E-state index contributed by atoms with van der Waals surface area (Å²) in [5.74, 6) is 0.517. The van der Waals surface area contributed by atoms with Crippen LogP contribution in [0.5, 0.6) is 0 Å². The molecule has 2 atom stereocenters. The third kappa shape index (κ3) is 2.52. The quantitative estimate of drug-likeness (QED) is 0.772. The molecular weight excluding hydrogens is 160 g/mol. The first-order valence-corrected chi connectivity index (χ1v) is 4.82. The van der Waals surface area contributed by atoms with Crippen LogP contribution in [0.1, 0.15) is 37.4 Å². The molecule has 0 aliphatic carbocycles. The van der Waals surface area contributed by atoms with E-state index in [1.165, 1.54) is 5.56 Å². The van der Waals surface area contributed by atoms with Crippen molar-refractivity contribution in [1.29, 1.82) is 0 Å². The predicted octanol–water partition coefficient (Wildman–Crippen LogP) is 2.44. The van der Waals surface area contributed by atoms with E-state index >= 15 is 0 Å². The number of rotatable bonds is 3. The van der Waals surface area contributed by atoms with Crippen LogP contribution in [0.15, 0.2) is 18.5 Å². The van der Waals surface area contributed by atoms with E-state index in [-0.39, 0.29) is 6.04 Å². The van der Waals surface area contributed by atoms with Gasteiger partial charge in [0.05, 0.1) is 0 Å². The highest BCUT2D eigenvalue weighted by molar-refractivity contribution is 5.20. The Bertz CT molecular complexity index is 271. The first-order valence-electron chi connectivity index (χ1n) is 4.82. The van der Waals surface area contributed by atoms with Crippen LogP contribution in [-0.4, -0.2) is 4.98 Å². The Morgan fingerprint density at radius 3 is 2.69 bits per heavy atom. The van der Waals surface area contributed by atoms with Crippen molar-refractivity contribution in [3.8, 4) is 0 Å². The highest BCUT2D eigenvalue weighted by Gasteiger charge is 2.12. The van der Waals surface area contributed by atoms with Crippen LogP contribution >= 0.6 is 0 Å². The van der Waals surface area contributed by atoms with Crippen LogP contribution in [0.3, 0.4) is 0 Å². The fourth-order valence-electron chi connectivity index (χ4n) is 1.34. The molecule has 0 saturated heterocycles. The van der Waals surface area contributed by atoms with Crippen molar-refractivity contribution >= 4 is 0 Å². The second kappa shape index (κ2) is 4.38. The Labute approximate surface area is 80.2 Å². The number of pyridine rings is 1. The highest BCUT2D eigenvalue weighted by Crippen LogP contribution is 2.21. The summed E-state index contributed by atoms with van der Waals surface area (Å²) in [5.41, 5.74) is 8.40. The molecule has 1 heterocycles. The number of hydrogen-bond donors (Lipinski definition) is 1. The summed E-state index contributed by atoms with van der Waals surface area (Å²) in [5, 5.41) is 0. The minimum Gasteiger partial charge on any atom is -0.324 e. The molecule has 0 bridgehead atoms. The summed E-state index contributed by atoms with van der Waals surface area (Å²) >= 11 is 0. The summed E-state index contributed by atoms with van der Waals surface area (Å²) in [6.07, 6.45) is 4.83. The summed E-state index contributed by atoms with van der Waals surface area (Å²) in [7, 11) is 0. The van der Waals surface area contributed by atoms with E-state index < -0.39 is 0 Å². The average molecular weight is 178 g/mol. The molecule has 2 unspecified atom stereocenters. The molecule has 1 aromatic rings. The van der Waals surface area contributed by atoms with Gasteiger partial charge in [0.25, 0.3) is 0 Å². The third-order valence-electron chi connectivity index (χ3n) is 2.54. The highest BCUT2D eigenvalue weighted by atomic mass is 14.7. The van der Waals surface area contributed by atoms with Crippen molar-refractivity contribution in [2.45, 2.75) is 33.2 Å². The van der Waals surface area contributed by atoms with Gasteiger partial charge in [-0.25, -0.2) is 0 Å². The maximum absolute atomic E-state index is 6.08. The SMILES string of the molecule is CCC(C)C(N)c1cncc(C)c1. The first-order chi connectivity index (χ1) is 6.15. The zero-order chi connectivity index (χ0) is 9.84. The van der Waals surface area contributed by atoms with Crippen LogP contribution in [0, 0.1) is 12.8 Å². The molecule has 0 saturated carbocycles. The second-order valence-corrected chi connectivity index (χ2v) is 3.71. The normalized spacial score (nSPS) is 15.4. The zero-order valence-corrected chi connectivity index (χ0v) is 8.62. The number of aryl methyl sites for hydroxylation is 1. The van der Waals surface area contributed by atoms with Gasteiger partial charge in [-0.1, -0.05) is 26.3 Å². The summed E-state index contributed by atoms with van der Waals surface area (Å²) < 4.78 is 0. The molecular formula is C11H18N2. The third-order valence-corrected chi connectivity index (χ3v) is 2.54. The molecule has 2 heteroatoms. The van der Waals surface area contributed by atoms with Gasteiger partial charge in [0.2, 0.25) is 0 Å². The van der Waals surface area contributed by atoms with Crippen molar-refractivity contribution < 1.29 is 0 Å². The van der Waals surface area contributed by atoms with Gasteiger partial charge in [0, 0.05) is 18.4 Å². The Hall–Kier alpha value is -0.890. The van der Waals surface area contributed by atoms with Crippen LogP contribution in [-0.2, 0) is 0 Å². The van der Waals surface area contributed by atoms with Crippen LogP contribution < -0.4 is 5.73 Å². The van der Waals surface area contributed by atoms with E-state index in [9.17, 15) is 0 Å². The average Bonchev–Trinajstić information content (AvgIpc) is 2.15. The second-order valence-electron chi connectivity index (χ2n) is 3.71. The van der Waals surface area contributed by atoms with Crippen molar-refractivity contribution in [1.82, 2.24) is 4.98 Å². The minimum absolute atomic E-state index is 0.123. The molecule has 1 aromatic heterocycles. The largest absolute Gasteiger partial charge is 0.324 e. The first kappa shape index (κ1) is 10.2. The van der Waals surface area contributed by atoms with E-state index in [4.69, 9.17) is 5.73 Å². The number of nitrogens with zero attached hydrogens (tertiary/aromatic N) is 1. The van der Waals surface area contributed by atoms with E-state index in [0.717, 1.165) is 12.0 Å². The molecule has 2 nitrogen and oxygen atoms in total. The number of nitrogens with two attached hydrogens (primary N) is 1. The molecule has 0 amide bonds. The van der Waals surface area contributed by atoms with Crippen LogP contribution in [0.4, 0.5) is 0 Å². The minimum atomic E-state index is 0.123. The van der Waals surface area contributed by atoms with Gasteiger partial charge in [0.15, 0.2) is 0 Å². The van der Waals surface area contributed by atoms with Gasteiger partial charge in [0.1, 0.15) is 0 Å². The summed E-state index contributed by atoms with van der Waals surface area (Å²) in [6.45, 7) is 6.38. The molecule has 0 aliphatic heterocycles. The standard InChI is InChI=1S/C11H18N2/c1-4-9(3)11(12)10-5-8(2)6-13-7-10/h5-7,9,11H,4,12H2,1-3H3. The van der Waals surface area contributed by atoms with Crippen molar-refractivity contribution in [3.05, 3.63) is 29.6 Å². The van der Waals surface area contributed by atoms with Crippen molar-refractivity contribution in [2.75, 3.05) is 0 Å². The summed E-state index contributed by atoms with van der Waals surface area (Å²) in [6, 6.07) is 2.24. The molecule has 1 rings (SSSR count). The molecule has 72 valence electrons. The van der Waals surface area contributed by atoms with Gasteiger partial charge in [-0.2, -0.15) is 0 Å². The van der Waals surface area contributed by atoms with E-state index in [1.54, 1.807) is 0 Å². The van der Waals surface area contributed by atoms with Crippen molar-refractivity contribution in [2.24, 2.45) is 11.7 Å². The molecule has 0 fully saturated rings. The maximum atomic E-state index is 6.08. The Balaban J connectivity index is 2.82. The molecule has 0 spiro atoms. The van der Waals surface area contributed by atoms with Gasteiger partial charge in [-0.05, 0) is 24.0 Å². The number of aromatic nitrogens is 1. The summed E-state index contributed by atoms with van der Waals surface area (Å²) in [4.78, 5) is 4.14. The lowest BCUT2D eigenvalue weighted by atomic mass is 9.94. The van der Waals surface area contributed by atoms with Gasteiger partial charge >= 0.3 is 0 Å². The van der Waals surface area contributed by atoms with Gasteiger partial charge < -0.3 is 5.73 Å². The molecule has 2 N–H and O–H groups in total. The van der Waals surface area contributed by atoms with E-state index in [1.807, 2.05) is 19.3 Å². The molecule has 0 aliphatic rings. The lowest BCUT2D eigenvalue weighted by molar-refractivity contribution is 0.456. The van der Waals surface area contributed by atoms with Crippen LogP contribution in [0.2, 0.25) is 0 Å². The fraction of sp³-hybridized carbons (Fsp3) is 0.545. The Kier molecular flexibility index (Phi) is 3.43. The monoisotopic (exact) mass is 178 g/mol. The van der Waals surface area contributed by atoms with Crippen molar-refractivity contribution in [3.63, 3.8) is 0 Å². The zero-order valence-electron chi connectivity index (χ0n) is 8.62. The molecule has 0 aromatic carbocycles. The number of hydrogen-bond acceptors (Lipinski definition) is 2. The van der Waals surface area contributed by atoms with Crippen LogP contribution in [0.25, 0.3) is 0 Å². The topological polar surface area (TPSA) is 38.9 Å². The predicted molar refractivity (Wildman–Crippen MR) is 55.4 cm³/mol. The molecule has 0 radical (unpaired) electrons. The van der Waals surface area contributed by atoms with E-state index in [2.05, 4.69) is 24.9 Å². The fourth-order valence-corrected chi connectivity index (χ4v) is 1.34. The lowest BCUT2D eigenvalue weighted by Gasteiger charge is -2.18. The van der Waals surface area contributed by atoms with Gasteiger partial charge in [-0.3, -0.25) is 4.98 Å².